The monoisotopic (exact) mass is 223 g/mol. The number of hydrogen-bond donors (Lipinski definition) is 0. The molecule has 0 saturated heterocycles. The molecule has 0 bridgehead atoms. The summed E-state index contributed by atoms with van der Waals surface area (Å²) in [4.78, 5) is 8.47. The number of rotatable bonds is 2. The van der Waals surface area contributed by atoms with Crippen LogP contribution in [0.15, 0.2) is 59.3 Å². The summed E-state index contributed by atoms with van der Waals surface area (Å²) in [5.74, 6) is 1.01. The molecule has 4 heteroatoms. The number of hydrogen-bond acceptors (Lipinski definition) is 4. The van der Waals surface area contributed by atoms with Crippen LogP contribution in [0.1, 0.15) is 0 Å². The molecule has 2 aromatic heterocycles. The zero-order valence-electron chi connectivity index (χ0n) is 8.95. The summed E-state index contributed by atoms with van der Waals surface area (Å²) < 4.78 is 5.18. The molecule has 0 radical (unpaired) electrons. The third-order valence-corrected chi connectivity index (χ3v) is 2.34. The molecule has 0 aliphatic carbocycles. The van der Waals surface area contributed by atoms with Crippen LogP contribution in [0.25, 0.3) is 23.0 Å². The highest BCUT2D eigenvalue weighted by Gasteiger charge is 2.10. The first-order chi connectivity index (χ1) is 8.43. The topological polar surface area (TPSA) is 51.8 Å². The van der Waals surface area contributed by atoms with Gasteiger partial charge in [-0.1, -0.05) is 41.6 Å². The van der Waals surface area contributed by atoms with Crippen molar-refractivity contribution in [3.63, 3.8) is 0 Å². The van der Waals surface area contributed by atoms with E-state index in [1.54, 1.807) is 6.20 Å². The van der Waals surface area contributed by atoms with Crippen LogP contribution in [0, 0.1) is 0 Å². The minimum atomic E-state index is 0.435. The fourth-order valence-corrected chi connectivity index (χ4v) is 1.52. The average Bonchev–Trinajstić information content (AvgIpc) is 2.90. The molecule has 0 fully saturated rings. The van der Waals surface area contributed by atoms with Crippen molar-refractivity contribution >= 4 is 0 Å². The summed E-state index contributed by atoms with van der Waals surface area (Å²) in [6.45, 7) is 0. The fourth-order valence-electron chi connectivity index (χ4n) is 1.52. The Kier molecular flexibility index (Phi) is 2.38. The van der Waals surface area contributed by atoms with Crippen molar-refractivity contribution in [2.75, 3.05) is 0 Å². The van der Waals surface area contributed by atoms with Crippen LogP contribution < -0.4 is 0 Å². The Morgan fingerprint density at radius 3 is 2.47 bits per heavy atom. The lowest BCUT2D eigenvalue weighted by atomic mass is 10.2. The second-order valence-electron chi connectivity index (χ2n) is 3.50. The summed E-state index contributed by atoms with van der Waals surface area (Å²) in [6.07, 6.45) is 1.70. The lowest BCUT2D eigenvalue weighted by Crippen LogP contribution is -1.82. The van der Waals surface area contributed by atoms with Crippen molar-refractivity contribution < 1.29 is 4.52 Å². The molecular formula is C13H9N3O. The highest BCUT2D eigenvalue weighted by atomic mass is 16.5. The average molecular weight is 223 g/mol. The van der Waals surface area contributed by atoms with E-state index >= 15 is 0 Å². The molecule has 3 aromatic rings. The van der Waals surface area contributed by atoms with Crippen LogP contribution in [0.5, 0.6) is 0 Å². The molecule has 82 valence electrons. The first-order valence-corrected chi connectivity index (χ1v) is 5.24. The molecule has 0 aliphatic rings. The van der Waals surface area contributed by atoms with Gasteiger partial charge in [-0.2, -0.15) is 4.98 Å². The molecule has 0 spiro atoms. The van der Waals surface area contributed by atoms with Gasteiger partial charge in [0.1, 0.15) is 5.69 Å². The molecule has 1 aromatic carbocycles. The Hall–Kier alpha value is -2.49. The van der Waals surface area contributed by atoms with Crippen molar-refractivity contribution in [3.8, 4) is 23.0 Å². The first kappa shape index (κ1) is 9.72. The van der Waals surface area contributed by atoms with E-state index in [1.165, 1.54) is 0 Å². The van der Waals surface area contributed by atoms with Crippen molar-refractivity contribution in [3.05, 3.63) is 54.7 Å². The summed E-state index contributed by atoms with van der Waals surface area (Å²) >= 11 is 0. The predicted octanol–water partition coefficient (Wildman–Crippen LogP) is 2.80. The Labute approximate surface area is 98.0 Å². The highest BCUT2D eigenvalue weighted by molar-refractivity contribution is 5.57. The predicted molar refractivity (Wildman–Crippen MR) is 63.0 cm³/mol. The molecule has 17 heavy (non-hydrogen) atoms. The zero-order valence-corrected chi connectivity index (χ0v) is 8.95. The van der Waals surface area contributed by atoms with Gasteiger partial charge < -0.3 is 4.52 Å². The Bertz CT molecular complexity index is 551. The van der Waals surface area contributed by atoms with E-state index in [4.69, 9.17) is 4.52 Å². The van der Waals surface area contributed by atoms with E-state index in [2.05, 4.69) is 15.1 Å². The molecule has 0 atom stereocenters. The molecule has 3 rings (SSSR count). The lowest BCUT2D eigenvalue weighted by molar-refractivity contribution is 0.431. The second kappa shape index (κ2) is 4.17. The molecule has 0 amide bonds. The van der Waals surface area contributed by atoms with Crippen LogP contribution in [-0.2, 0) is 0 Å². The number of aromatic nitrogens is 3. The fraction of sp³-hybridized carbons (Fsp3) is 0. The zero-order chi connectivity index (χ0) is 11.5. The lowest BCUT2D eigenvalue weighted by Gasteiger charge is -1.91. The van der Waals surface area contributed by atoms with Crippen molar-refractivity contribution in [1.29, 1.82) is 0 Å². The molecular weight excluding hydrogens is 214 g/mol. The smallest absolute Gasteiger partial charge is 0.276 e. The van der Waals surface area contributed by atoms with Crippen molar-refractivity contribution in [1.82, 2.24) is 15.1 Å². The standard InChI is InChI=1S/C13H9N3O/c1-2-6-10(7-3-1)12-15-13(17-16-12)11-8-4-5-9-14-11/h1-9H. The molecule has 0 aliphatic heterocycles. The van der Waals surface area contributed by atoms with E-state index in [1.807, 2.05) is 48.5 Å². The Morgan fingerprint density at radius 2 is 1.71 bits per heavy atom. The van der Waals surface area contributed by atoms with Crippen LogP contribution in [-0.4, -0.2) is 15.1 Å². The molecule has 2 heterocycles. The molecule has 4 nitrogen and oxygen atoms in total. The van der Waals surface area contributed by atoms with Gasteiger partial charge in [-0.3, -0.25) is 4.98 Å². The van der Waals surface area contributed by atoms with E-state index in [0.29, 0.717) is 17.4 Å². The third-order valence-electron chi connectivity index (χ3n) is 2.34. The van der Waals surface area contributed by atoms with E-state index in [-0.39, 0.29) is 0 Å². The first-order valence-electron chi connectivity index (χ1n) is 5.24. The van der Waals surface area contributed by atoms with Crippen LogP contribution in [0.4, 0.5) is 0 Å². The quantitative estimate of drug-likeness (QED) is 0.670. The van der Waals surface area contributed by atoms with Crippen LogP contribution in [0.3, 0.4) is 0 Å². The van der Waals surface area contributed by atoms with Gasteiger partial charge in [0.25, 0.3) is 5.89 Å². The highest BCUT2D eigenvalue weighted by Crippen LogP contribution is 2.19. The number of nitrogens with zero attached hydrogens (tertiary/aromatic N) is 3. The molecule has 0 N–H and O–H groups in total. The SMILES string of the molecule is c1ccc(-c2noc(-c3ccccn3)n2)cc1. The second-order valence-corrected chi connectivity index (χ2v) is 3.50. The van der Waals surface area contributed by atoms with Crippen molar-refractivity contribution in [2.24, 2.45) is 0 Å². The molecule has 0 saturated carbocycles. The summed E-state index contributed by atoms with van der Waals surface area (Å²) in [5.41, 5.74) is 1.61. The van der Waals surface area contributed by atoms with Gasteiger partial charge in [-0.05, 0) is 12.1 Å². The largest absolute Gasteiger partial charge is 0.332 e. The Balaban J connectivity index is 1.99. The van der Waals surface area contributed by atoms with Gasteiger partial charge in [-0.25, -0.2) is 0 Å². The van der Waals surface area contributed by atoms with Gasteiger partial charge in [0.2, 0.25) is 5.82 Å². The van der Waals surface area contributed by atoms with Crippen LogP contribution >= 0.6 is 0 Å². The minimum absolute atomic E-state index is 0.435. The van der Waals surface area contributed by atoms with E-state index in [9.17, 15) is 0 Å². The van der Waals surface area contributed by atoms with E-state index in [0.717, 1.165) is 5.56 Å². The molecule has 0 unspecified atom stereocenters. The summed E-state index contributed by atoms with van der Waals surface area (Å²) in [5, 5.41) is 3.94. The third kappa shape index (κ3) is 1.92. The maximum Gasteiger partial charge on any atom is 0.276 e. The van der Waals surface area contributed by atoms with Gasteiger partial charge in [0.15, 0.2) is 0 Å². The van der Waals surface area contributed by atoms with Gasteiger partial charge in [-0.15, -0.1) is 0 Å². The van der Waals surface area contributed by atoms with Crippen LogP contribution in [0.2, 0.25) is 0 Å². The summed E-state index contributed by atoms with van der Waals surface area (Å²) in [7, 11) is 0. The Morgan fingerprint density at radius 1 is 0.882 bits per heavy atom. The van der Waals surface area contributed by atoms with E-state index < -0.39 is 0 Å². The number of pyridine rings is 1. The van der Waals surface area contributed by atoms with Gasteiger partial charge in [0.05, 0.1) is 0 Å². The maximum atomic E-state index is 5.18. The normalized spacial score (nSPS) is 10.4. The van der Waals surface area contributed by atoms with Gasteiger partial charge in [0, 0.05) is 11.8 Å². The minimum Gasteiger partial charge on any atom is -0.332 e. The van der Waals surface area contributed by atoms with Gasteiger partial charge >= 0.3 is 0 Å². The summed E-state index contributed by atoms with van der Waals surface area (Å²) in [6, 6.07) is 15.3. The maximum absolute atomic E-state index is 5.18. The number of benzene rings is 1. The van der Waals surface area contributed by atoms with Crippen molar-refractivity contribution in [2.45, 2.75) is 0 Å².